The van der Waals surface area contributed by atoms with Crippen LogP contribution in [0.4, 0.5) is 9.18 Å². The summed E-state index contributed by atoms with van der Waals surface area (Å²) in [5.41, 5.74) is 0.311. The van der Waals surface area contributed by atoms with Crippen LogP contribution in [0.25, 0.3) is 0 Å². The van der Waals surface area contributed by atoms with E-state index in [9.17, 15) is 27.8 Å². The van der Waals surface area contributed by atoms with Crippen LogP contribution >= 0.6 is 0 Å². The molecule has 0 spiro atoms. The molecule has 0 heterocycles. The minimum atomic E-state index is -4.07. The molecule has 0 unspecified atom stereocenters. The lowest BCUT2D eigenvalue weighted by Gasteiger charge is -2.64. The number of aliphatic hydroxyl groups excluding tert-OH is 2. The Morgan fingerprint density at radius 3 is 2.37 bits per heavy atom. The number of fused-ring (bicyclic) bond motifs is 5. The third kappa shape index (κ3) is 5.44. The average molecular weight is 593 g/mol. The van der Waals surface area contributed by atoms with Gasteiger partial charge in [0.2, 0.25) is 0 Å². The molecule has 4 saturated carbocycles. The fourth-order valence-corrected chi connectivity index (χ4v) is 11.3. The maximum Gasteiger partial charge on any atom is 0.328 e. The van der Waals surface area contributed by atoms with Gasteiger partial charge in [-0.2, -0.15) is 0 Å². The van der Waals surface area contributed by atoms with Crippen LogP contribution in [0.2, 0.25) is 0 Å². The molecule has 9 heteroatoms. The minimum absolute atomic E-state index is 0.130. The molecule has 4 aliphatic rings. The zero-order valence-corrected chi connectivity index (χ0v) is 25.8. The number of carbonyl (C=O) groups is 1. The van der Waals surface area contributed by atoms with Crippen LogP contribution in [0, 0.1) is 58.1 Å². The van der Waals surface area contributed by atoms with Gasteiger partial charge in [-0.3, -0.25) is 0 Å². The summed E-state index contributed by atoms with van der Waals surface area (Å²) in [6, 6.07) is 3.56. The molecule has 5 rings (SSSR count). The highest BCUT2D eigenvalue weighted by Gasteiger charge is 2.64. The van der Waals surface area contributed by atoms with Crippen LogP contribution in [0.3, 0.4) is 0 Å². The van der Waals surface area contributed by atoms with Gasteiger partial charge in [0.05, 0.1) is 17.1 Å². The Labute approximate surface area is 245 Å². The number of carbonyl (C=O) groups excluding carboxylic acids is 1. The lowest BCUT2D eigenvalue weighted by Crippen LogP contribution is -2.62. The smallest absolute Gasteiger partial charge is 0.328 e. The number of benzene rings is 1. The molecule has 0 aliphatic heterocycles. The van der Waals surface area contributed by atoms with Gasteiger partial charge in [0.25, 0.3) is 10.0 Å². The second-order valence-corrected chi connectivity index (χ2v) is 15.9. The molecule has 0 bridgehead atoms. The second-order valence-electron chi connectivity index (χ2n) is 14.2. The molecule has 0 aromatic heterocycles. The number of aliphatic hydroxyl groups is 2. The van der Waals surface area contributed by atoms with Crippen molar-refractivity contribution in [3.05, 3.63) is 30.1 Å². The van der Waals surface area contributed by atoms with Crippen molar-refractivity contribution in [1.82, 2.24) is 10.0 Å². The number of sulfonamides is 1. The molecule has 2 amide bonds. The van der Waals surface area contributed by atoms with Crippen molar-refractivity contribution in [2.45, 2.75) is 103 Å². The first-order chi connectivity index (χ1) is 19.3. The summed E-state index contributed by atoms with van der Waals surface area (Å²) >= 11 is 0. The van der Waals surface area contributed by atoms with Gasteiger partial charge in [-0.05, 0) is 128 Å². The van der Waals surface area contributed by atoms with Crippen LogP contribution in [-0.4, -0.2) is 43.4 Å². The number of hydrogen-bond donors (Lipinski definition) is 4. The van der Waals surface area contributed by atoms with E-state index in [4.69, 9.17) is 0 Å². The Morgan fingerprint density at radius 1 is 1.02 bits per heavy atom. The quantitative estimate of drug-likeness (QED) is 0.335. The molecule has 11 atom stereocenters. The van der Waals surface area contributed by atoms with E-state index >= 15 is 0 Å². The number of nitrogens with one attached hydrogen (secondary N) is 2. The van der Waals surface area contributed by atoms with Crippen molar-refractivity contribution in [3.63, 3.8) is 0 Å². The van der Waals surface area contributed by atoms with Crippen molar-refractivity contribution in [2.75, 3.05) is 6.54 Å². The summed E-state index contributed by atoms with van der Waals surface area (Å²) in [6.07, 6.45) is 8.37. The minimum Gasteiger partial charge on any atom is -0.393 e. The first-order valence-electron chi connectivity index (χ1n) is 15.7. The van der Waals surface area contributed by atoms with Gasteiger partial charge in [0.15, 0.2) is 0 Å². The third-order valence-electron chi connectivity index (χ3n) is 12.4. The molecule has 1 aromatic rings. The summed E-state index contributed by atoms with van der Waals surface area (Å²) < 4.78 is 40.1. The Kier molecular flexibility index (Phi) is 8.56. The molecule has 4 fully saturated rings. The first-order valence-corrected chi connectivity index (χ1v) is 17.2. The predicted octanol–water partition coefficient (Wildman–Crippen LogP) is 5.47. The lowest BCUT2D eigenvalue weighted by molar-refractivity contribution is -0.203. The fourth-order valence-electron chi connectivity index (χ4n) is 10.4. The van der Waals surface area contributed by atoms with E-state index in [-0.39, 0.29) is 33.9 Å². The third-order valence-corrected chi connectivity index (χ3v) is 13.7. The molecule has 4 N–H and O–H groups in total. The van der Waals surface area contributed by atoms with Crippen LogP contribution in [0.5, 0.6) is 0 Å². The molecular formula is C32H49FN2O5S. The molecule has 230 valence electrons. The van der Waals surface area contributed by atoms with E-state index in [0.29, 0.717) is 42.1 Å². The van der Waals surface area contributed by atoms with Crippen LogP contribution in [-0.2, 0) is 10.0 Å². The summed E-state index contributed by atoms with van der Waals surface area (Å²) in [5.74, 6) is 2.17. The molecular weight excluding hydrogens is 543 g/mol. The number of hydrogen-bond acceptors (Lipinski definition) is 5. The van der Waals surface area contributed by atoms with Crippen molar-refractivity contribution in [2.24, 2.45) is 52.3 Å². The van der Waals surface area contributed by atoms with Gasteiger partial charge in [0, 0.05) is 6.54 Å². The number of rotatable bonds is 7. The summed E-state index contributed by atoms with van der Waals surface area (Å²) in [5, 5.41) is 25.1. The standard InChI is InChI=1S/C32H49FN2O5S/c1-5-23-27-18-21(36)12-15-32(27,4)26-13-16-31(3)24(10-11-25(31)28(26)29(23)37)19(2)14-17-34-30(38)35-41(39,40)22-8-6-20(33)7-9-22/h6-9,19,21,23-29,36-37H,5,10-18H2,1-4H3,(H2,34,35,38)/t19-,21-,23-,24-,25+,26+,27+,28+,29-,31-,32-/m1/s1. The molecule has 0 radical (unpaired) electrons. The van der Waals surface area contributed by atoms with Crippen molar-refractivity contribution >= 4 is 16.1 Å². The lowest BCUT2D eigenvalue weighted by atomic mass is 9.41. The largest absolute Gasteiger partial charge is 0.393 e. The normalized spacial score (nSPS) is 41.0. The predicted molar refractivity (Wildman–Crippen MR) is 156 cm³/mol. The monoisotopic (exact) mass is 592 g/mol. The summed E-state index contributed by atoms with van der Waals surface area (Å²) in [4.78, 5) is 12.2. The van der Waals surface area contributed by atoms with Crippen LogP contribution < -0.4 is 10.0 Å². The Hall–Kier alpha value is -1.71. The first kappa shape index (κ1) is 30.7. The van der Waals surface area contributed by atoms with Gasteiger partial charge >= 0.3 is 6.03 Å². The molecule has 7 nitrogen and oxygen atoms in total. The zero-order valence-electron chi connectivity index (χ0n) is 25.0. The van der Waals surface area contributed by atoms with Crippen molar-refractivity contribution in [1.29, 1.82) is 0 Å². The Bertz CT molecular complexity index is 1210. The van der Waals surface area contributed by atoms with Gasteiger partial charge < -0.3 is 15.5 Å². The van der Waals surface area contributed by atoms with E-state index in [1.807, 2.05) is 4.72 Å². The summed E-state index contributed by atoms with van der Waals surface area (Å²) in [6.45, 7) is 9.69. The number of amides is 2. The van der Waals surface area contributed by atoms with E-state index in [1.165, 1.54) is 0 Å². The Morgan fingerprint density at radius 2 is 1.68 bits per heavy atom. The van der Waals surface area contributed by atoms with E-state index < -0.39 is 21.9 Å². The van der Waals surface area contributed by atoms with E-state index in [0.717, 1.165) is 82.1 Å². The number of halogens is 1. The van der Waals surface area contributed by atoms with E-state index in [1.54, 1.807) is 0 Å². The number of urea groups is 1. The highest BCUT2D eigenvalue weighted by molar-refractivity contribution is 7.90. The second kappa shape index (κ2) is 11.4. The zero-order chi connectivity index (χ0) is 29.7. The summed E-state index contributed by atoms with van der Waals surface area (Å²) in [7, 11) is -4.07. The maximum atomic E-state index is 13.2. The SMILES string of the molecule is CC[C@H]1[C@@H](O)[C@@H]2[C@H](CC[C@]3(C)[C@@H]([C@H](C)CCNC(=O)NS(=O)(=O)c4ccc(F)cc4)CC[C@@H]23)[C@@]2(C)CC[C@@H](O)C[C@@H]12. The van der Waals surface area contributed by atoms with Gasteiger partial charge in [0.1, 0.15) is 5.82 Å². The molecule has 1 aromatic carbocycles. The highest BCUT2D eigenvalue weighted by atomic mass is 32.2. The van der Waals surface area contributed by atoms with Crippen molar-refractivity contribution < 1.29 is 27.8 Å². The maximum absolute atomic E-state index is 13.2. The molecule has 0 saturated heterocycles. The average Bonchev–Trinajstić information content (AvgIpc) is 3.27. The van der Waals surface area contributed by atoms with Gasteiger partial charge in [-0.1, -0.05) is 34.1 Å². The van der Waals surface area contributed by atoms with E-state index in [2.05, 4.69) is 33.0 Å². The Balaban J connectivity index is 1.22. The highest BCUT2D eigenvalue weighted by Crippen LogP contribution is 2.69. The van der Waals surface area contributed by atoms with Crippen LogP contribution in [0.15, 0.2) is 29.2 Å². The molecule has 41 heavy (non-hydrogen) atoms. The van der Waals surface area contributed by atoms with Gasteiger partial charge in [-0.25, -0.2) is 22.3 Å². The fraction of sp³-hybridized carbons (Fsp3) is 0.781. The van der Waals surface area contributed by atoms with Crippen molar-refractivity contribution in [3.8, 4) is 0 Å². The topological polar surface area (TPSA) is 116 Å². The molecule has 4 aliphatic carbocycles. The van der Waals surface area contributed by atoms with Crippen LogP contribution in [0.1, 0.15) is 85.5 Å². The van der Waals surface area contributed by atoms with Gasteiger partial charge in [-0.15, -0.1) is 0 Å².